The van der Waals surface area contributed by atoms with Gasteiger partial charge in [-0.15, -0.1) is 0 Å². The van der Waals surface area contributed by atoms with Crippen molar-refractivity contribution in [3.8, 4) is 5.69 Å². The van der Waals surface area contributed by atoms with Crippen molar-refractivity contribution < 1.29 is 4.79 Å². The maximum Gasteiger partial charge on any atom is 0.265 e. The van der Waals surface area contributed by atoms with E-state index in [0.29, 0.717) is 33.1 Å². The number of carbonyl (C=O) groups is 1. The number of hydrogen-bond donors (Lipinski definition) is 1. The van der Waals surface area contributed by atoms with Gasteiger partial charge >= 0.3 is 0 Å². The molecule has 0 fully saturated rings. The molecule has 0 atom stereocenters. The van der Waals surface area contributed by atoms with Crippen LogP contribution in [0.1, 0.15) is 32.5 Å². The van der Waals surface area contributed by atoms with Crippen LogP contribution < -0.4 is 10.9 Å². The third-order valence-corrected chi connectivity index (χ3v) is 5.10. The van der Waals surface area contributed by atoms with Crippen molar-refractivity contribution in [3.05, 3.63) is 63.7 Å². The van der Waals surface area contributed by atoms with Crippen LogP contribution in [-0.4, -0.2) is 15.5 Å². The Morgan fingerprint density at radius 1 is 1.19 bits per heavy atom. The highest BCUT2D eigenvalue weighted by molar-refractivity contribution is 6.33. The summed E-state index contributed by atoms with van der Waals surface area (Å²) in [4.78, 5) is 29.9. The monoisotopic (exact) mass is 383 g/mol. The first kappa shape index (κ1) is 19.1. The van der Waals surface area contributed by atoms with E-state index < -0.39 is 0 Å². The molecule has 0 aliphatic heterocycles. The number of aryl methyl sites for hydroxylation is 1. The Morgan fingerprint density at radius 3 is 2.59 bits per heavy atom. The van der Waals surface area contributed by atoms with Gasteiger partial charge in [-0.05, 0) is 50.1 Å². The van der Waals surface area contributed by atoms with Crippen LogP contribution in [-0.2, 0) is 4.79 Å². The molecule has 5 nitrogen and oxygen atoms in total. The molecule has 0 spiro atoms. The molecule has 0 bridgehead atoms. The molecule has 0 aliphatic carbocycles. The van der Waals surface area contributed by atoms with Gasteiger partial charge < -0.3 is 5.32 Å². The number of para-hydroxylation sites is 1. The molecule has 0 saturated heterocycles. The van der Waals surface area contributed by atoms with Crippen LogP contribution >= 0.6 is 11.6 Å². The lowest BCUT2D eigenvalue weighted by atomic mass is 10.0. The molecule has 1 heterocycles. The molecule has 6 heteroatoms. The van der Waals surface area contributed by atoms with E-state index in [0.717, 1.165) is 12.8 Å². The zero-order chi connectivity index (χ0) is 19.6. The van der Waals surface area contributed by atoms with Crippen LogP contribution in [0, 0.1) is 12.8 Å². The minimum Gasteiger partial charge on any atom is -0.324 e. The largest absolute Gasteiger partial charge is 0.324 e. The van der Waals surface area contributed by atoms with Gasteiger partial charge in [0.2, 0.25) is 5.91 Å². The van der Waals surface area contributed by atoms with Gasteiger partial charge in [-0.25, -0.2) is 4.98 Å². The first-order valence-electron chi connectivity index (χ1n) is 9.05. The summed E-state index contributed by atoms with van der Waals surface area (Å²) in [5.74, 6) is 0.426. The average molecular weight is 384 g/mol. The van der Waals surface area contributed by atoms with Gasteiger partial charge in [-0.3, -0.25) is 14.2 Å². The van der Waals surface area contributed by atoms with E-state index in [2.05, 4.69) is 10.3 Å². The van der Waals surface area contributed by atoms with Gasteiger partial charge in [0.25, 0.3) is 5.56 Å². The normalized spacial score (nSPS) is 11.1. The Bertz CT molecular complexity index is 1050. The van der Waals surface area contributed by atoms with Crippen LogP contribution in [0.25, 0.3) is 16.6 Å². The highest BCUT2D eigenvalue weighted by Gasteiger charge is 2.17. The number of rotatable bonds is 5. The SMILES string of the molecule is CCC(CC)C(=O)Nc1cc(-n2c(C)nc3ccccc3c2=O)ccc1Cl. The lowest BCUT2D eigenvalue weighted by molar-refractivity contribution is -0.120. The number of nitrogens with one attached hydrogen (secondary N) is 1. The van der Waals surface area contributed by atoms with Crippen molar-refractivity contribution in [1.29, 1.82) is 0 Å². The lowest BCUT2D eigenvalue weighted by Crippen LogP contribution is -2.24. The predicted molar refractivity (Wildman–Crippen MR) is 110 cm³/mol. The fraction of sp³-hybridized carbons (Fsp3) is 0.286. The first-order valence-corrected chi connectivity index (χ1v) is 9.43. The smallest absolute Gasteiger partial charge is 0.265 e. The predicted octanol–water partition coefficient (Wildman–Crippen LogP) is 4.72. The van der Waals surface area contributed by atoms with Crippen molar-refractivity contribution in [3.63, 3.8) is 0 Å². The van der Waals surface area contributed by atoms with Crippen molar-refractivity contribution in [1.82, 2.24) is 9.55 Å². The third-order valence-electron chi connectivity index (χ3n) is 4.77. The van der Waals surface area contributed by atoms with Crippen molar-refractivity contribution >= 4 is 34.1 Å². The van der Waals surface area contributed by atoms with Gasteiger partial charge in [0.15, 0.2) is 0 Å². The Balaban J connectivity index is 2.08. The van der Waals surface area contributed by atoms with Gasteiger partial charge in [-0.1, -0.05) is 37.6 Å². The fourth-order valence-corrected chi connectivity index (χ4v) is 3.35. The molecule has 140 valence electrons. The van der Waals surface area contributed by atoms with Crippen LogP contribution in [0.3, 0.4) is 0 Å². The third kappa shape index (κ3) is 3.74. The van der Waals surface area contributed by atoms with Gasteiger partial charge in [0.05, 0.1) is 27.3 Å². The Labute approximate surface area is 163 Å². The number of hydrogen-bond acceptors (Lipinski definition) is 3. The lowest BCUT2D eigenvalue weighted by Gasteiger charge is -2.16. The number of nitrogens with zero attached hydrogens (tertiary/aromatic N) is 2. The summed E-state index contributed by atoms with van der Waals surface area (Å²) in [5, 5.41) is 3.86. The molecule has 0 radical (unpaired) electrons. The zero-order valence-electron chi connectivity index (χ0n) is 15.6. The minimum absolute atomic E-state index is 0.0697. The molecule has 3 aromatic rings. The van der Waals surface area contributed by atoms with E-state index in [1.165, 1.54) is 4.57 Å². The second-order valence-corrected chi connectivity index (χ2v) is 6.89. The van der Waals surface area contributed by atoms with E-state index >= 15 is 0 Å². The standard InChI is InChI=1S/C21H22ClN3O2/c1-4-14(5-2)20(26)24-19-12-15(10-11-17(19)22)25-13(3)23-18-9-7-6-8-16(18)21(25)27/h6-12,14H,4-5H2,1-3H3,(H,24,26). The molecule has 1 aromatic heterocycles. The number of fused-ring (bicyclic) bond motifs is 1. The van der Waals surface area contributed by atoms with Crippen molar-refractivity contribution in [2.45, 2.75) is 33.6 Å². The summed E-state index contributed by atoms with van der Waals surface area (Å²) in [6, 6.07) is 12.4. The van der Waals surface area contributed by atoms with E-state index in [1.807, 2.05) is 32.0 Å². The van der Waals surface area contributed by atoms with Gasteiger partial charge in [-0.2, -0.15) is 0 Å². The number of carbonyl (C=O) groups excluding carboxylic acids is 1. The summed E-state index contributed by atoms with van der Waals surface area (Å²) in [6.45, 7) is 5.75. The average Bonchev–Trinajstić information content (AvgIpc) is 2.65. The first-order chi connectivity index (χ1) is 13.0. The number of amides is 1. The molecule has 1 amide bonds. The quantitative estimate of drug-likeness (QED) is 0.693. The molecule has 0 unspecified atom stereocenters. The van der Waals surface area contributed by atoms with Crippen LogP contribution in [0.4, 0.5) is 5.69 Å². The molecule has 3 rings (SSSR count). The van der Waals surface area contributed by atoms with Crippen LogP contribution in [0.5, 0.6) is 0 Å². The number of halogens is 1. The Hall–Kier alpha value is -2.66. The fourth-order valence-electron chi connectivity index (χ4n) is 3.19. The van der Waals surface area contributed by atoms with Gasteiger partial charge in [0, 0.05) is 5.92 Å². The maximum absolute atomic E-state index is 13.0. The number of benzene rings is 2. The number of anilines is 1. The molecule has 0 saturated carbocycles. The Kier molecular flexibility index (Phi) is 5.61. The molecule has 0 aliphatic rings. The number of aromatic nitrogens is 2. The topological polar surface area (TPSA) is 64.0 Å². The molecular weight excluding hydrogens is 362 g/mol. The summed E-state index contributed by atoms with van der Waals surface area (Å²) < 4.78 is 1.53. The van der Waals surface area contributed by atoms with Gasteiger partial charge in [0.1, 0.15) is 5.82 Å². The minimum atomic E-state index is -0.155. The Morgan fingerprint density at radius 2 is 1.89 bits per heavy atom. The van der Waals surface area contributed by atoms with Crippen molar-refractivity contribution in [2.75, 3.05) is 5.32 Å². The maximum atomic E-state index is 13.0. The van der Waals surface area contributed by atoms with E-state index in [4.69, 9.17) is 11.6 Å². The van der Waals surface area contributed by atoms with Crippen LogP contribution in [0.2, 0.25) is 5.02 Å². The summed E-state index contributed by atoms with van der Waals surface area (Å²) in [6.07, 6.45) is 1.51. The van der Waals surface area contributed by atoms with E-state index in [-0.39, 0.29) is 17.4 Å². The second kappa shape index (κ2) is 7.92. The summed E-state index contributed by atoms with van der Waals surface area (Å²) in [7, 11) is 0. The highest BCUT2D eigenvalue weighted by Crippen LogP contribution is 2.26. The molecule has 1 N–H and O–H groups in total. The van der Waals surface area contributed by atoms with Crippen LogP contribution in [0.15, 0.2) is 47.3 Å². The summed E-state index contributed by atoms with van der Waals surface area (Å²) in [5.41, 5.74) is 1.61. The molecule has 2 aromatic carbocycles. The van der Waals surface area contributed by atoms with Crippen molar-refractivity contribution in [2.24, 2.45) is 5.92 Å². The summed E-state index contributed by atoms with van der Waals surface area (Å²) >= 11 is 6.28. The second-order valence-electron chi connectivity index (χ2n) is 6.48. The zero-order valence-corrected chi connectivity index (χ0v) is 16.4. The van der Waals surface area contributed by atoms with E-state index in [9.17, 15) is 9.59 Å². The molecule has 27 heavy (non-hydrogen) atoms. The highest BCUT2D eigenvalue weighted by atomic mass is 35.5. The van der Waals surface area contributed by atoms with E-state index in [1.54, 1.807) is 31.2 Å². The molecular formula is C21H22ClN3O2.